The summed E-state index contributed by atoms with van der Waals surface area (Å²) in [7, 11) is 0. The molecule has 2 aromatic carbocycles. The minimum Gasteiger partial charge on any atom is -0.310 e. The van der Waals surface area contributed by atoms with Crippen molar-refractivity contribution < 1.29 is 0 Å². The van der Waals surface area contributed by atoms with Crippen LogP contribution in [0.15, 0.2) is 42.5 Å². The Hall–Kier alpha value is -1.34. The zero-order valence-electron chi connectivity index (χ0n) is 11.6. The molecule has 0 saturated heterocycles. The highest BCUT2D eigenvalue weighted by Crippen LogP contribution is 2.24. The first-order valence-corrected chi connectivity index (χ1v) is 6.93. The van der Waals surface area contributed by atoms with Gasteiger partial charge in [-0.2, -0.15) is 0 Å². The fourth-order valence-electron chi connectivity index (χ4n) is 2.26. The van der Waals surface area contributed by atoms with E-state index in [0.717, 1.165) is 12.5 Å². The smallest absolute Gasteiger partial charge is 0.0298 e. The maximum Gasteiger partial charge on any atom is 0.0298 e. The molecule has 1 nitrogen and oxygen atoms in total. The Morgan fingerprint density at radius 3 is 2.50 bits per heavy atom. The summed E-state index contributed by atoms with van der Waals surface area (Å²) >= 11 is 0. The Labute approximate surface area is 110 Å². The molecular formula is C17H23N. The van der Waals surface area contributed by atoms with Gasteiger partial charge in [-0.15, -0.1) is 0 Å². The third-order valence-electron chi connectivity index (χ3n) is 3.76. The lowest BCUT2D eigenvalue weighted by Gasteiger charge is -2.19. The second-order valence-electron chi connectivity index (χ2n) is 5.21. The maximum atomic E-state index is 3.64. The summed E-state index contributed by atoms with van der Waals surface area (Å²) in [5, 5.41) is 6.33. The van der Waals surface area contributed by atoms with Crippen LogP contribution in [0.1, 0.15) is 38.8 Å². The highest BCUT2D eigenvalue weighted by atomic mass is 14.9. The van der Waals surface area contributed by atoms with Gasteiger partial charge in [-0.25, -0.2) is 0 Å². The van der Waals surface area contributed by atoms with Crippen molar-refractivity contribution in [1.29, 1.82) is 0 Å². The molecule has 2 unspecified atom stereocenters. The number of hydrogen-bond acceptors (Lipinski definition) is 1. The summed E-state index contributed by atoms with van der Waals surface area (Å²) in [5.41, 5.74) is 1.40. The van der Waals surface area contributed by atoms with Gasteiger partial charge in [-0.3, -0.25) is 0 Å². The van der Waals surface area contributed by atoms with Crippen molar-refractivity contribution in [2.75, 3.05) is 6.54 Å². The second-order valence-corrected chi connectivity index (χ2v) is 5.21. The highest BCUT2D eigenvalue weighted by molar-refractivity contribution is 5.86. The van der Waals surface area contributed by atoms with Crippen molar-refractivity contribution in [2.45, 2.75) is 33.2 Å². The number of benzene rings is 2. The molecule has 0 radical (unpaired) electrons. The molecule has 1 heteroatoms. The van der Waals surface area contributed by atoms with Crippen molar-refractivity contribution in [2.24, 2.45) is 5.92 Å². The van der Waals surface area contributed by atoms with Crippen molar-refractivity contribution in [3.63, 3.8) is 0 Å². The fraction of sp³-hybridized carbons (Fsp3) is 0.412. The molecule has 0 aliphatic carbocycles. The molecule has 1 N–H and O–H groups in total. The minimum absolute atomic E-state index is 0.408. The third-order valence-corrected chi connectivity index (χ3v) is 3.76. The molecule has 0 aliphatic heterocycles. The predicted octanol–water partition coefficient (Wildman–Crippen LogP) is 4.54. The normalized spacial score (nSPS) is 14.6. The monoisotopic (exact) mass is 241 g/mol. The Morgan fingerprint density at radius 2 is 1.72 bits per heavy atom. The second kappa shape index (κ2) is 6.01. The molecule has 0 amide bonds. The molecule has 0 aliphatic rings. The number of hydrogen-bond donors (Lipinski definition) is 1. The average molecular weight is 241 g/mol. The summed E-state index contributed by atoms with van der Waals surface area (Å²) in [5.74, 6) is 0.738. The van der Waals surface area contributed by atoms with Crippen molar-refractivity contribution >= 4 is 10.8 Å². The van der Waals surface area contributed by atoms with Crippen molar-refractivity contribution in [1.82, 2.24) is 5.32 Å². The first-order valence-electron chi connectivity index (χ1n) is 6.93. The molecule has 2 rings (SSSR count). The lowest BCUT2D eigenvalue weighted by molar-refractivity contribution is 0.462. The van der Waals surface area contributed by atoms with E-state index >= 15 is 0 Å². The maximum absolute atomic E-state index is 3.64. The zero-order valence-corrected chi connectivity index (χ0v) is 11.6. The first-order chi connectivity index (χ1) is 8.72. The summed E-state index contributed by atoms with van der Waals surface area (Å²) in [6.45, 7) is 7.88. The van der Waals surface area contributed by atoms with Crippen molar-refractivity contribution in [3.05, 3.63) is 48.0 Å². The molecule has 96 valence electrons. The van der Waals surface area contributed by atoms with Gasteiger partial charge in [0.25, 0.3) is 0 Å². The van der Waals surface area contributed by atoms with Gasteiger partial charge in [-0.1, -0.05) is 62.7 Å². The van der Waals surface area contributed by atoms with E-state index in [1.165, 1.54) is 22.8 Å². The minimum atomic E-state index is 0.408. The standard InChI is InChI=1S/C17H23N/c1-4-13(2)12-18-14(3)16-11-7-9-15-8-5-6-10-17(15)16/h5-11,13-14,18H,4,12H2,1-3H3. The van der Waals surface area contributed by atoms with Crippen LogP contribution in [0.4, 0.5) is 0 Å². The lowest BCUT2D eigenvalue weighted by Crippen LogP contribution is -2.24. The molecule has 0 aromatic heterocycles. The van der Waals surface area contributed by atoms with Gasteiger partial charge in [0.2, 0.25) is 0 Å². The van der Waals surface area contributed by atoms with Crippen LogP contribution < -0.4 is 5.32 Å². The van der Waals surface area contributed by atoms with Crippen LogP contribution >= 0.6 is 0 Å². The summed E-state index contributed by atoms with van der Waals surface area (Å²) < 4.78 is 0. The molecule has 2 aromatic rings. The van der Waals surface area contributed by atoms with E-state index < -0.39 is 0 Å². The van der Waals surface area contributed by atoms with E-state index in [0.29, 0.717) is 6.04 Å². The highest BCUT2D eigenvalue weighted by Gasteiger charge is 2.09. The predicted molar refractivity (Wildman–Crippen MR) is 79.8 cm³/mol. The molecule has 18 heavy (non-hydrogen) atoms. The number of rotatable bonds is 5. The molecule has 2 atom stereocenters. The van der Waals surface area contributed by atoms with Gasteiger partial charge < -0.3 is 5.32 Å². The van der Waals surface area contributed by atoms with Gasteiger partial charge >= 0.3 is 0 Å². The zero-order chi connectivity index (χ0) is 13.0. The summed E-state index contributed by atoms with van der Waals surface area (Å²) in [4.78, 5) is 0. The molecular weight excluding hydrogens is 218 g/mol. The van der Waals surface area contributed by atoms with E-state index in [1.807, 2.05) is 0 Å². The molecule has 0 saturated carbocycles. The Morgan fingerprint density at radius 1 is 1.00 bits per heavy atom. The molecule has 0 heterocycles. The van der Waals surface area contributed by atoms with Gasteiger partial charge in [-0.05, 0) is 35.7 Å². The van der Waals surface area contributed by atoms with E-state index in [1.54, 1.807) is 0 Å². The van der Waals surface area contributed by atoms with E-state index in [-0.39, 0.29) is 0 Å². The first kappa shape index (κ1) is 13.1. The largest absolute Gasteiger partial charge is 0.310 e. The summed E-state index contributed by atoms with van der Waals surface area (Å²) in [6.07, 6.45) is 1.23. The van der Waals surface area contributed by atoms with Gasteiger partial charge in [0, 0.05) is 6.04 Å². The number of fused-ring (bicyclic) bond motifs is 1. The van der Waals surface area contributed by atoms with Crippen LogP contribution in [-0.2, 0) is 0 Å². The number of nitrogens with one attached hydrogen (secondary N) is 1. The van der Waals surface area contributed by atoms with Gasteiger partial charge in [0.05, 0.1) is 0 Å². The summed E-state index contributed by atoms with van der Waals surface area (Å²) in [6, 6.07) is 15.6. The van der Waals surface area contributed by atoms with Crippen LogP contribution in [0.3, 0.4) is 0 Å². The van der Waals surface area contributed by atoms with Crippen LogP contribution in [0.2, 0.25) is 0 Å². The fourth-order valence-corrected chi connectivity index (χ4v) is 2.26. The molecule has 0 spiro atoms. The topological polar surface area (TPSA) is 12.0 Å². The molecule has 0 bridgehead atoms. The van der Waals surface area contributed by atoms with Crippen LogP contribution in [-0.4, -0.2) is 6.54 Å². The van der Waals surface area contributed by atoms with Crippen LogP contribution in [0.5, 0.6) is 0 Å². The van der Waals surface area contributed by atoms with Gasteiger partial charge in [0.15, 0.2) is 0 Å². The third kappa shape index (κ3) is 2.91. The quantitative estimate of drug-likeness (QED) is 0.810. The van der Waals surface area contributed by atoms with Crippen LogP contribution in [0, 0.1) is 5.92 Å². The van der Waals surface area contributed by atoms with E-state index in [2.05, 4.69) is 68.6 Å². The Balaban J connectivity index is 2.19. The molecule has 0 fully saturated rings. The van der Waals surface area contributed by atoms with E-state index in [4.69, 9.17) is 0 Å². The van der Waals surface area contributed by atoms with Crippen molar-refractivity contribution in [3.8, 4) is 0 Å². The van der Waals surface area contributed by atoms with E-state index in [9.17, 15) is 0 Å². The van der Waals surface area contributed by atoms with Crippen LogP contribution in [0.25, 0.3) is 10.8 Å². The average Bonchev–Trinajstić information content (AvgIpc) is 2.43. The van der Waals surface area contributed by atoms with Gasteiger partial charge in [0.1, 0.15) is 0 Å². The Bertz CT molecular complexity index is 498. The SMILES string of the molecule is CCC(C)CNC(C)c1cccc2ccccc12. The lowest BCUT2D eigenvalue weighted by atomic mass is 9.99. The Kier molecular flexibility index (Phi) is 4.38.